The average molecular weight is 314 g/mol. The summed E-state index contributed by atoms with van der Waals surface area (Å²) in [5, 5.41) is 2.81. The van der Waals surface area contributed by atoms with Crippen molar-refractivity contribution in [2.24, 2.45) is 5.73 Å². The van der Waals surface area contributed by atoms with Crippen molar-refractivity contribution in [3.8, 4) is 0 Å². The van der Waals surface area contributed by atoms with Gasteiger partial charge in [0.25, 0.3) is 5.91 Å². The number of carbonyl (C=O) groups excluding carboxylic acids is 1. The molecule has 0 unspecified atom stereocenters. The van der Waals surface area contributed by atoms with Gasteiger partial charge < -0.3 is 11.1 Å². The van der Waals surface area contributed by atoms with Crippen LogP contribution in [0.2, 0.25) is 0 Å². The van der Waals surface area contributed by atoms with Crippen molar-refractivity contribution in [3.63, 3.8) is 0 Å². The van der Waals surface area contributed by atoms with Gasteiger partial charge in [-0.1, -0.05) is 12.1 Å². The van der Waals surface area contributed by atoms with Gasteiger partial charge >= 0.3 is 0 Å². The normalized spacial score (nSPS) is 9.05. The third-order valence-corrected chi connectivity index (χ3v) is 2.59. The molecule has 108 valence electrons. The number of halogens is 2. The number of pyridine rings is 1. The summed E-state index contributed by atoms with van der Waals surface area (Å²) in [7, 11) is 0. The number of rotatable bonds is 4. The number of amides is 1. The maximum absolute atomic E-state index is 11.9. The minimum Gasteiger partial charge on any atom is -0.330 e. The number of aromatic nitrogens is 1. The van der Waals surface area contributed by atoms with Gasteiger partial charge in [-0.25, -0.2) is 0 Å². The zero-order valence-corrected chi connectivity index (χ0v) is 12.4. The summed E-state index contributed by atoms with van der Waals surface area (Å²) in [4.78, 5) is 15.8. The van der Waals surface area contributed by atoms with Crippen molar-refractivity contribution in [2.75, 3.05) is 11.9 Å². The van der Waals surface area contributed by atoms with E-state index >= 15 is 0 Å². The van der Waals surface area contributed by atoms with Crippen LogP contribution >= 0.6 is 24.8 Å². The van der Waals surface area contributed by atoms with Crippen LogP contribution in [0.5, 0.6) is 0 Å². The Morgan fingerprint density at radius 2 is 1.65 bits per heavy atom. The summed E-state index contributed by atoms with van der Waals surface area (Å²) in [6.07, 6.45) is 4.10. The van der Waals surface area contributed by atoms with Crippen LogP contribution in [0, 0.1) is 0 Å². The number of benzene rings is 1. The zero-order chi connectivity index (χ0) is 12.8. The van der Waals surface area contributed by atoms with E-state index in [4.69, 9.17) is 5.73 Å². The Morgan fingerprint density at radius 1 is 1.05 bits per heavy atom. The van der Waals surface area contributed by atoms with Gasteiger partial charge in [-0.05, 0) is 42.8 Å². The fraction of sp³-hybridized carbons (Fsp3) is 0.143. The molecule has 2 aromatic rings. The van der Waals surface area contributed by atoms with Crippen molar-refractivity contribution in [1.29, 1.82) is 0 Å². The van der Waals surface area contributed by atoms with Crippen LogP contribution in [-0.2, 0) is 6.42 Å². The molecule has 0 aliphatic rings. The van der Waals surface area contributed by atoms with E-state index in [2.05, 4.69) is 10.3 Å². The Hall–Kier alpha value is -1.62. The lowest BCUT2D eigenvalue weighted by Crippen LogP contribution is -2.12. The number of hydrogen-bond acceptors (Lipinski definition) is 3. The minimum absolute atomic E-state index is 0. The summed E-state index contributed by atoms with van der Waals surface area (Å²) in [5.41, 5.74) is 7.98. The Labute approximate surface area is 130 Å². The summed E-state index contributed by atoms with van der Waals surface area (Å²) >= 11 is 0. The minimum atomic E-state index is -0.125. The molecule has 1 heterocycles. The quantitative estimate of drug-likeness (QED) is 0.912. The summed E-state index contributed by atoms with van der Waals surface area (Å²) in [6, 6.07) is 11.0. The smallest absolute Gasteiger partial charge is 0.255 e. The van der Waals surface area contributed by atoms with Gasteiger partial charge in [0.2, 0.25) is 0 Å². The lowest BCUT2D eigenvalue weighted by Gasteiger charge is -2.05. The van der Waals surface area contributed by atoms with E-state index in [1.165, 1.54) is 0 Å². The molecule has 1 aromatic heterocycles. The van der Waals surface area contributed by atoms with E-state index in [-0.39, 0.29) is 30.7 Å². The molecular weight excluding hydrogens is 297 g/mol. The second-order valence-electron chi connectivity index (χ2n) is 3.93. The lowest BCUT2D eigenvalue weighted by atomic mass is 10.1. The van der Waals surface area contributed by atoms with Gasteiger partial charge in [0.15, 0.2) is 0 Å². The molecule has 20 heavy (non-hydrogen) atoms. The summed E-state index contributed by atoms with van der Waals surface area (Å²) in [6.45, 7) is 0.614. The molecule has 4 nitrogen and oxygen atoms in total. The van der Waals surface area contributed by atoms with Gasteiger partial charge in [0.05, 0.1) is 0 Å². The number of hydrogen-bond donors (Lipinski definition) is 2. The molecule has 0 aliphatic heterocycles. The molecule has 0 fully saturated rings. The maximum atomic E-state index is 11.9. The van der Waals surface area contributed by atoms with Crippen LogP contribution in [-0.4, -0.2) is 17.4 Å². The van der Waals surface area contributed by atoms with Gasteiger partial charge in [0, 0.05) is 23.6 Å². The van der Waals surface area contributed by atoms with E-state index in [9.17, 15) is 4.79 Å². The zero-order valence-electron chi connectivity index (χ0n) is 10.8. The standard InChI is InChI=1S/C14H15N3O.2ClH/c15-8-5-11-1-3-12(4-2-11)14(18)17-13-6-9-16-10-7-13;;/h1-4,6-7,9-10H,5,8,15H2,(H,16,17,18);2*1H. The first kappa shape index (κ1) is 18.4. The fourth-order valence-corrected chi connectivity index (χ4v) is 1.63. The number of nitrogens with zero attached hydrogens (tertiary/aromatic N) is 1. The molecule has 0 aliphatic carbocycles. The van der Waals surface area contributed by atoms with E-state index < -0.39 is 0 Å². The molecule has 1 amide bonds. The Balaban J connectivity index is 0.00000180. The Bertz CT molecular complexity index is 518. The second kappa shape index (κ2) is 9.31. The molecule has 0 radical (unpaired) electrons. The van der Waals surface area contributed by atoms with Crippen molar-refractivity contribution >= 4 is 36.4 Å². The molecule has 0 spiro atoms. The van der Waals surface area contributed by atoms with E-state index in [0.29, 0.717) is 12.1 Å². The number of nitrogens with two attached hydrogens (primary N) is 1. The largest absolute Gasteiger partial charge is 0.330 e. The first-order chi connectivity index (χ1) is 8.79. The van der Waals surface area contributed by atoms with Crippen LogP contribution in [0.15, 0.2) is 48.8 Å². The molecule has 3 N–H and O–H groups in total. The second-order valence-corrected chi connectivity index (χ2v) is 3.93. The molecule has 1 aromatic carbocycles. The molecule has 0 saturated carbocycles. The maximum Gasteiger partial charge on any atom is 0.255 e. The van der Waals surface area contributed by atoms with Crippen LogP contribution in [0.4, 0.5) is 5.69 Å². The molecule has 0 saturated heterocycles. The highest BCUT2D eigenvalue weighted by molar-refractivity contribution is 6.04. The number of carbonyl (C=O) groups is 1. The lowest BCUT2D eigenvalue weighted by molar-refractivity contribution is 0.102. The van der Waals surface area contributed by atoms with Gasteiger partial charge in [-0.2, -0.15) is 0 Å². The highest BCUT2D eigenvalue weighted by Gasteiger charge is 2.05. The van der Waals surface area contributed by atoms with Crippen molar-refractivity contribution in [3.05, 3.63) is 59.9 Å². The van der Waals surface area contributed by atoms with E-state index in [1.54, 1.807) is 24.5 Å². The number of anilines is 1. The number of nitrogens with one attached hydrogen (secondary N) is 1. The highest BCUT2D eigenvalue weighted by atomic mass is 35.5. The summed E-state index contributed by atoms with van der Waals surface area (Å²) in [5.74, 6) is -0.125. The Morgan fingerprint density at radius 3 is 2.20 bits per heavy atom. The highest BCUT2D eigenvalue weighted by Crippen LogP contribution is 2.09. The topological polar surface area (TPSA) is 68.0 Å². The Kier molecular flexibility index (Phi) is 8.56. The monoisotopic (exact) mass is 313 g/mol. The van der Waals surface area contributed by atoms with E-state index in [1.807, 2.05) is 24.3 Å². The van der Waals surface area contributed by atoms with E-state index in [0.717, 1.165) is 17.7 Å². The molecular formula is C14H17Cl2N3O. The fourth-order valence-electron chi connectivity index (χ4n) is 1.63. The molecule has 0 bridgehead atoms. The predicted octanol–water partition coefficient (Wildman–Crippen LogP) is 2.68. The third kappa shape index (κ3) is 5.17. The van der Waals surface area contributed by atoms with Gasteiger partial charge in [0.1, 0.15) is 0 Å². The molecule has 0 atom stereocenters. The third-order valence-electron chi connectivity index (χ3n) is 2.59. The van der Waals surface area contributed by atoms with Gasteiger partial charge in [-0.3, -0.25) is 9.78 Å². The average Bonchev–Trinajstić information content (AvgIpc) is 2.41. The van der Waals surface area contributed by atoms with Crippen LogP contribution in [0.1, 0.15) is 15.9 Å². The summed E-state index contributed by atoms with van der Waals surface area (Å²) < 4.78 is 0. The van der Waals surface area contributed by atoms with Crippen LogP contribution in [0.3, 0.4) is 0 Å². The first-order valence-electron chi connectivity index (χ1n) is 5.80. The van der Waals surface area contributed by atoms with Gasteiger partial charge in [-0.15, -0.1) is 24.8 Å². The molecule has 2 rings (SSSR count). The van der Waals surface area contributed by atoms with Crippen molar-refractivity contribution in [2.45, 2.75) is 6.42 Å². The van der Waals surface area contributed by atoms with Crippen LogP contribution in [0.25, 0.3) is 0 Å². The van der Waals surface area contributed by atoms with Crippen molar-refractivity contribution < 1.29 is 4.79 Å². The molecule has 6 heteroatoms. The van der Waals surface area contributed by atoms with Crippen LogP contribution < -0.4 is 11.1 Å². The predicted molar refractivity (Wildman–Crippen MR) is 85.9 cm³/mol. The van der Waals surface area contributed by atoms with Crippen molar-refractivity contribution in [1.82, 2.24) is 4.98 Å². The SMILES string of the molecule is Cl.Cl.NCCc1ccc(C(=O)Nc2ccncc2)cc1. The first-order valence-corrected chi connectivity index (χ1v) is 5.80.